The fourth-order valence-electron chi connectivity index (χ4n) is 7.85. The quantitative estimate of drug-likeness (QED) is 0.175. The first-order chi connectivity index (χ1) is 24.5. The average Bonchev–Trinajstić information content (AvgIpc) is 3.41. The second-order valence-corrected chi connectivity index (χ2v) is 13.8. The van der Waals surface area contributed by atoms with Gasteiger partial charge in [-0.15, -0.1) is 0 Å². The van der Waals surface area contributed by atoms with Crippen LogP contribution < -0.4 is 4.90 Å². The highest BCUT2D eigenvalue weighted by Gasteiger charge is 2.35. The minimum Gasteiger partial charge on any atom is -0.310 e. The lowest BCUT2D eigenvalue weighted by atomic mass is 9.82. The largest absolute Gasteiger partial charge is 0.310 e. The Morgan fingerprint density at radius 3 is 1.60 bits per heavy atom. The van der Waals surface area contributed by atoms with Gasteiger partial charge in [0.1, 0.15) is 0 Å². The molecule has 9 rings (SSSR count). The molecule has 0 aromatic heterocycles. The van der Waals surface area contributed by atoms with E-state index in [2.05, 4.69) is 207 Å². The van der Waals surface area contributed by atoms with E-state index >= 15 is 0 Å². The van der Waals surface area contributed by atoms with Gasteiger partial charge < -0.3 is 4.90 Å². The minimum atomic E-state index is -0.0973. The molecule has 238 valence electrons. The Balaban J connectivity index is 1.21. The SMILES string of the molecule is CC1(C)c2ccccc2-c2ccc(N(c3ccc(-c4ccc5ccccc5c4)cc3)c3ccc(-c4ccccc4)c(-c4ccccc4)c3)cc21. The van der Waals surface area contributed by atoms with Gasteiger partial charge in [-0.2, -0.15) is 0 Å². The van der Waals surface area contributed by atoms with Gasteiger partial charge in [-0.25, -0.2) is 0 Å². The van der Waals surface area contributed by atoms with E-state index in [0.29, 0.717) is 0 Å². The Morgan fingerprint density at radius 2 is 0.860 bits per heavy atom. The van der Waals surface area contributed by atoms with Crippen molar-refractivity contribution in [1.82, 2.24) is 0 Å². The Hall–Kier alpha value is -6.18. The number of hydrogen-bond acceptors (Lipinski definition) is 1. The fraction of sp³-hybridized carbons (Fsp3) is 0.0612. The molecule has 8 aromatic rings. The molecule has 0 amide bonds. The minimum absolute atomic E-state index is 0.0973. The van der Waals surface area contributed by atoms with Gasteiger partial charge in [0.2, 0.25) is 0 Å². The zero-order valence-electron chi connectivity index (χ0n) is 28.3. The van der Waals surface area contributed by atoms with Gasteiger partial charge in [-0.05, 0) is 109 Å². The summed E-state index contributed by atoms with van der Waals surface area (Å²) < 4.78 is 0. The number of fused-ring (bicyclic) bond motifs is 4. The number of benzene rings is 8. The third-order valence-electron chi connectivity index (χ3n) is 10.5. The van der Waals surface area contributed by atoms with Crippen molar-refractivity contribution in [2.24, 2.45) is 0 Å². The maximum absolute atomic E-state index is 2.42. The molecule has 0 N–H and O–H groups in total. The molecule has 0 unspecified atom stereocenters. The summed E-state index contributed by atoms with van der Waals surface area (Å²) >= 11 is 0. The van der Waals surface area contributed by atoms with Crippen molar-refractivity contribution in [2.75, 3.05) is 4.90 Å². The molecule has 0 spiro atoms. The van der Waals surface area contributed by atoms with Crippen LogP contribution in [0.25, 0.3) is 55.3 Å². The Bertz CT molecular complexity index is 2490. The Labute approximate surface area is 294 Å². The molecule has 0 radical (unpaired) electrons. The van der Waals surface area contributed by atoms with E-state index in [0.717, 1.165) is 17.1 Å². The van der Waals surface area contributed by atoms with Gasteiger partial charge in [0.05, 0.1) is 0 Å². The third-order valence-corrected chi connectivity index (χ3v) is 10.5. The molecule has 50 heavy (non-hydrogen) atoms. The zero-order valence-corrected chi connectivity index (χ0v) is 28.3. The van der Waals surface area contributed by atoms with Crippen molar-refractivity contribution in [3.63, 3.8) is 0 Å². The van der Waals surface area contributed by atoms with Gasteiger partial charge in [0, 0.05) is 22.5 Å². The summed E-state index contributed by atoms with van der Waals surface area (Å²) in [6, 6.07) is 68.7. The maximum Gasteiger partial charge on any atom is 0.0468 e. The lowest BCUT2D eigenvalue weighted by Crippen LogP contribution is -2.16. The molecule has 8 aromatic carbocycles. The van der Waals surface area contributed by atoms with Crippen LogP contribution in [0.15, 0.2) is 188 Å². The first kappa shape index (κ1) is 29.9. The second kappa shape index (κ2) is 12.1. The molecule has 1 nitrogen and oxygen atoms in total. The summed E-state index contributed by atoms with van der Waals surface area (Å²) in [6.45, 7) is 4.71. The van der Waals surface area contributed by atoms with Crippen LogP contribution in [0.3, 0.4) is 0 Å². The predicted molar refractivity (Wildman–Crippen MR) is 213 cm³/mol. The molecule has 0 fully saturated rings. The first-order valence-electron chi connectivity index (χ1n) is 17.4. The van der Waals surface area contributed by atoms with Crippen LogP contribution in [0.1, 0.15) is 25.0 Å². The molecular weight excluding hydrogens is 603 g/mol. The molecule has 0 heterocycles. The average molecular weight is 640 g/mol. The number of hydrogen-bond donors (Lipinski definition) is 0. The van der Waals surface area contributed by atoms with Crippen molar-refractivity contribution in [3.8, 4) is 44.5 Å². The van der Waals surface area contributed by atoms with Crippen LogP contribution in [0.5, 0.6) is 0 Å². The van der Waals surface area contributed by atoms with Crippen molar-refractivity contribution in [1.29, 1.82) is 0 Å². The lowest BCUT2D eigenvalue weighted by molar-refractivity contribution is 0.660. The topological polar surface area (TPSA) is 3.24 Å². The standard InChI is InChI=1S/C49H37N/c1-49(2)47-20-12-11-19-44(47)45-30-28-42(33-48(45)49)50(40-25-23-35(24-26-40)39-22-21-34-13-9-10-18-38(34)31-39)41-27-29-43(36-14-5-3-6-15-36)46(32-41)37-16-7-4-8-17-37/h3-33H,1-2H3. The van der Waals surface area contributed by atoms with Gasteiger partial charge in [-0.3, -0.25) is 0 Å². The molecule has 0 aliphatic heterocycles. The summed E-state index contributed by atoms with van der Waals surface area (Å²) in [4.78, 5) is 2.42. The van der Waals surface area contributed by atoms with Crippen LogP contribution in [0.2, 0.25) is 0 Å². The molecule has 1 aliphatic rings. The fourth-order valence-corrected chi connectivity index (χ4v) is 7.85. The van der Waals surface area contributed by atoms with Gasteiger partial charge in [0.15, 0.2) is 0 Å². The first-order valence-corrected chi connectivity index (χ1v) is 17.4. The third kappa shape index (κ3) is 5.11. The molecule has 0 saturated carbocycles. The number of rotatable bonds is 6. The smallest absolute Gasteiger partial charge is 0.0468 e. The molecule has 0 atom stereocenters. The highest BCUT2D eigenvalue weighted by molar-refractivity contribution is 5.91. The van der Waals surface area contributed by atoms with Crippen molar-refractivity contribution in [2.45, 2.75) is 19.3 Å². The van der Waals surface area contributed by atoms with E-state index in [4.69, 9.17) is 0 Å². The molecule has 1 heteroatoms. The summed E-state index contributed by atoms with van der Waals surface area (Å²) in [5, 5.41) is 2.51. The summed E-state index contributed by atoms with van der Waals surface area (Å²) in [6.07, 6.45) is 0. The van der Waals surface area contributed by atoms with Crippen LogP contribution >= 0.6 is 0 Å². The summed E-state index contributed by atoms with van der Waals surface area (Å²) in [5.41, 5.74) is 16.0. The predicted octanol–water partition coefficient (Wildman–Crippen LogP) is 13.6. The monoisotopic (exact) mass is 639 g/mol. The van der Waals surface area contributed by atoms with Crippen molar-refractivity contribution in [3.05, 3.63) is 199 Å². The summed E-state index contributed by atoms with van der Waals surface area (Å²) in [5.74, 6) is 0. The van der Waals surface area contributed by atoms with Crippen molar-refractivity contribution >= 4 is 27.8 Å². The molecule has 1 aliphatic carbocycles. The number of anilines is 3. The zero-order chi connectivity index (χ0) is 33.7. The van der Waals surface area contributed by atoms with Gasteiger partial charge >= 0.3 is 0 Å². The van der Waals surface area contributed by atoms with E-state index < -0.39 is 0 Å². The molecule has 0 bridgehead atoms. The maximum atomic E-state index is 2.42. The highest BCUT2D eigenvalue weighted by Crippen LogP contribution is 2.51. The molecule has 0 saturated heterocycles. The van der Waals surface area contributed by atoms with Crippen LogP contribution in [0, 0.1) is 0 Å². The van der Waals surface area contributed by atoms with Gasteiger partial charge in [0.25, 0.3) is 0 Å². The Morgan fingerprint density at radius 1 is 0.320 bits per heavy atom. The van der Waals surface area contributed by atoms with E-state index in [9.17, 15) is 0 Å². The highest BCUT2D eigenvalue weighted by atomic mass is 15.1. The van der Waals surface area contributed by atoms with E-state index in [1.807, 2.05) is 0 Å². The Kier molecular flexibility index (Phi) is 7.21. The number of nitrogens with zero attached hydrogens (tertiary/aromatic N) is 1. The summed E-state index contributed by atoms with van der Waals surface area (Å²) in [7, 11) is 0. The lowest BCUT2D eigenvalue weighted by Gasteiger charge is -2.29. The molecular formula is C49H37N. The van der Waals surface area contributed by atoms with E-state index in [1.165, 1.54) is 66.4 Å². The van der Waals surface area contributed by atoms with Crippen LogP contribution in [0.4, 0.5) is 17.1 Å². The van der Waals surface area contributed by atoms with Gasteiger partial charge in [-0.1, -0.05) is 159 Å². The van der Waals surface area contributed by atoms with Crippen LogP contribution in [-0.4, -0.2) is 0 Å². The van der Waals surface area contributed by atoms with E-state index in [-0.39, 0.29) is 5.41 Å². The second-order valence-electron chi connectivity index (χ2n) is 13.8. The van der Waals surface area contributed by atoms with Crippen molar-refractivity contribution < 1.29 is 0 Å². The van der Waals surface area contributed by atoms with Crippen LogP contribution in [-0.2, 0) is 5.41 Å². The normalized spacial score (nSPS) is 12.8. The van der Waals surface area contributed by atoms with E-state index in [1.54, 1.807) is 0 Å².